The number of amides is 3. The molecule has 238 valence electrons. The standard InChI is InChI=1S/C34H63N3O4/c1-7-10-11-12-13-14-15-16-17-18-19-20-21-22-23-24-29(38)41-26-25-37-30(39)34(35-31(37)40)27-32(5,8-2)36-33(6,9-3)28(34)4/h28,36H,7-27H2,1-6H3,(H,35,40). The minimum atomic E-state index is -0.935. The minimum absolute atomic E-state index is 0.0511. The molecule has 0 aromatic carbocycles. The van der Waals surface area contributed by atoms with Gasteiger partial charge in [-0.1, -0.05) is 118 Å². The topological polar surface area (TPSA) is 87.7 Å². The predicted molar refractivity (Wildman–Crippen MR) is 168 cm³/mol. The van der Waals surface area contributed by atoms with Crippen molar-refractivity contribution >= 4 is 17.9 Å². The first-order valence-electron chi connectivity index (χ1n) is 17.2. The molecule has 2 aliphatic rings. The molecular formula is C34H63N3O4. The van der Waals surface area contributed by atoms with Crippen LogP contribution in [0.5, 0.6) is 0 Å². The highest BCUT2D eigenvalue weighted by Crippen LogP contribution is 2.46. The van der Waals surface area contributed by atoms with Crippen LogP contribution in [0.25, 0.3) is 0 Å². The lowest BCUT2D eigenvalue weighted by molar-refractivity contribution is -0.146. The molecule has 0 saturated carbocycles. The van der Waals surface area contributed by atoms with Gasteiger partial charge in [0.2, 0.25) is 0 Å². The van der Waals surface area contributed by atoms with Crippen molar-refractivity contribution in [3.63, 3.8) is 0 Å². The average Bonchev–Trinajstić information content (AvgIpc) is 3.18. The molecule has 4 atom stereocenters. The van der Waals surface area contributed by atoms with E-state index in [0.29, 0.717) is 12.8 Å². The molecule has 2 N–H and O–H groups in total. The van der Waals surface area contributed by atoms with Crippen molar-refractivity contribution in [2.24, 2.45) is 5.92 Å². The molecule has 2 saturated heterocycles. The van der Waals surface area contributed by atoms with Gasteiger partial charge in [0.05, 0.1) is 6.54 Å². The van der Waals surface area contributed by atoms with Crippen molar-refractivity contribution < 1.29 is 19.1 Å². The zero-order valence-electron chi connectivity index (χ0n) is 27.5. The van der Waals surface area contributed by atoms with Crippen LogP contribution in [0.3, 0.4) is 0 Å². The summed E-state index contributed by atoms with van der Waals surface area (Å²) < 4.78 is 5.42. The summed E-state index contributed by atoms with van der Waals surface area (Å²) in [6, 6.07) is -0.376. The first-order chi connectivity index (χ1) is 19.6. The highest BCUT2D eigenvalue weighted by Gasteiger charge is 2.63. The van der Waals surface area contributed by atoms with E-state index < -0.39 is 5.54 Å². The molecule has 2 aliphatic heterocycles. The van der Waals surface area contributed by atoms with Crippen LogP contribution in [-0.4, -0.2) is 52.6 Å². The lowest BCUT2D eigenvalue weighted by Gasteiger charge is -2.56. The first-order valence-corrected chi connectivity index (χ1v) is 17.2. The highest BCUT2D eigenvalue weighted by atomic mass is 16.5. The van der Waals surface area contributed by atoms with E-state index >= 15 is 0 Å². The Hall–Kier alpha value is -1.63. The number of hydrogen-bond acceptors (Lipinski definition) is 5. The van der Waals surface area contributed by atoms with Crippen molar-refractivity contribution in [1.82, 2.24) is 15.5 Å². The summed E-state index contributed by atoms with van der Waals surface area (Å²) in [6.07, 6.45) is 22.0. The van der Waals surface area contributed by atoms with Gasteiger partial charge in [-0.25, -0.2) is 4.79 Å². The summed E-state index contributed by atoms with van der Waals surface area (Å²) in [5, 5.41) is 6.85. The third-order valence-corrected chi connectivity index (χ3v) is 10.2. The number of nitrogens with zero attached hydrogens (tertiary/aromatic N) is 1. The molecule has 0 aromatic rings. The van der Waals surface area contributed by atoms with E-state index in [4.69, 9.17) is 4.74 Å². The summed E-state index contributed by atoms with van der Waals surface area (Å²) in [7, 11) is 0. The van der Waals surface area contributed by atoms with Gasteiger partial charge in [-0.15, -0.1) is 0 Å². The first kappa shape index (κ1) is 35.6. The Balaban J connectivity index is 1.59. The van der Waals surface area contributed by atoms with E-state index in [1.165, 1.54) is 81.9 Å². The average molecular weight is 578 g/mol. The summed E-state index contributed by atoms with van der Waals surface area (Å²) in [6.45, 7) is 13.0. The summed E-state index contributed by atoms with van der Waals surface area (Å²) >= 11 is 0. The smallest absolute Gasteiger partial charge is 0.325 e. The number of hydrogen-bond donors (Lipinski definition) is 2. The zero-order chi connectivity index (χ0) is 30.4. The van der Waals surface area contributed by atoms with Gasteiger partial charge in [0.15, 0.2) is 0 Å². The molecule has 2 rings (SSSR count). The van der Waals surface area contributed by atoms with Crippen molar-refractivity contribution in [3.8, 4) is 0 Å². The van der Waals surface area contributed by atoms with Crippen molar-refractivity contribution in [1.29, 1.82) is 0 Å². The second-order valence-corrected chi connectivity index (χ2v) is 13.5. The van der Waals surface area contributed by atoms with Gasteiger partial charge in [-0.05, 0) is 39.5 Å². The molecule has 0 aromatic heterocycles. The second kappa shape index (κ2) is 17.5. The van der Waals surface area contributed by atoms with Gasteiger partial charge in [0.1, 0.15) is 12.1 Å². The molecule has 7 heteroatoms. The molecule has 4 unspecified atom stereocenters. The van der Waals surface area contributed by atoms with E-state index in [2.05, 4.69) is 52.2 Å². The lowest BCUT2D eigenvalue weighted by atomic mass is 9.61. The Kier molecular flexibility index (Phi) is 15.2. The van der Waals surface area contributed by atoms with Gasteiger partial charge in [-0.2, -0.15) is 0 Å². The van der Waals surface area contributed by atoms with Crippen LogP contribution in [0.1, 0.15) is 164 Å². The summed E-state index contributed by atoms with van der Waals surface area (Å²) in [5.41, 5.74) is -1.46. The van der Waals surface area contributed by atoms with Crippen LogP contribution in [0.4, 0.5) is 4.79 Å². The van der Waals surface area contributed by atoms with E-state index in [1.54, 1.807) is 0 Å². The number of carbonyl (C=O) groups is 3. The number of carbonyl (C=O) groups excluding carboxylic acids is 3. The number of esters is 1. The summed E-state index contributed by atoms with van der Waals surface area (Å²) in [4.78, 5) is 40.2. The number of nitrogens with one attached hydrogen (secondary N) is 2. The van der Waals surface area contributed by atoms with Crippen molar-refractivity contribution in [3.05, 3.63) is 0 Å². The van der Waals surface area contributed by atoms with Crippen LogP contribution >= 0.6 is 0 Å². The highest BCUT2D eigenvalue weighted by molar-refractivity contribution is 6.07. The molecule has 0 radical (unpaired) electrons. The maximum Gasteiger partial charge on any atom is 0.325 e. The van der Waals surface area contributed by atoms with Crippen molar-refractivity contribution in [2.75, 3.05) is 13.2 Å². The second-order valence-electron chi connectivity index (χ2n) is 13.5. The van der Waals surface area contributed by atoms with Gasteiger partial charge in [0.25, 0.3) is 5.91 Å². The Labute approximate surface area is 251 Å². The molecule has 1 spiro atoms. The van der Waals surface area contributed by atoms with Gasteiger partial charge < -0.3 is 15.4 Å². The molecule has 7 nitrogen and oxygen atoms in total. The Morgan fingerprint density at radius 2 is 1.34 bits per heavy atom. The number of piperidine rings is 1. The maximum absolute atomic E-state index is 13.7. The van der Waals surface area contributed by atoms with Crippen molar-refractivity contribution in [2.45, 2.75) is 180 Å². The Bertz CT molecular complexity index is 820. The molecule has 2 heterocycles. The van der Waals surface area contributed by atoms with E-state index in [9.17, 15) is 14.4 Å². The van der Waals surface area contributed by atoms with Crippen LogP contribution in [0.2, 0.25) is 0 Å². The van der Waals surface area contributed by atoms with E-state index in [-0.39, 0.29) is 48.1 Å². The number of urea groups is 1. The molecular weight excluding hydrogens is 514 g/mol. The Morgan fingerprint density at radius 1 is 0.829 bits per heavy atom. The van der Waals surface area contributed by atoms with Crippen LogP contribution in [0.15, 0.2) is 0 Å². The SMILES string of the molecule is CCCCCCCCCCCCCCCCCC(=O)OCCN1C(=O)NC2(CC(C)(CC)NC(C)(CC)C2C)C1=O. The summed E-state index contributed by atoms with van der Waals surface area (Å²) in [5.74, 6) is -0.503. The normalized spacial score (nSPS) is 28.0. The Morgan fingerprint density at radius 3 is 1.83 bits per heavy atom. The third-order valence-electron chi connectivity index (χ3n) is 10.2. The minimum Gasteiger partial charge on any atom is -0.464 e. The molecule has 41 heavy (non-hydrogen) atoms. The lowest BCUT2D eigenvalue weighted by Crippen LogP contribution is -2.74. The zero-order valence-corrected chi connectivity index (χ0v) is 27.5. The monoisotopic (exact) mass is 577 g/mol. The maximum atomic E-state index is 13.7. The van der Waals surface area contributed by atoms with E-state index in [0.717, 1.165) is 32.1 Å². The number of rotatable bonds is 21. The fourth-order valence-corrected chi connectivity index (χ4v) is 6.99. The van der Waals surface area contributed by atoms with Gasteiger partial charge in [0, 0.05) is 23.4 Å². The fourth-order valence-electron chi connectivity index (χ4n) is 6.99. The van der Waals surface area contributed by atoms with E-state index in [1.807, 2.05) is 0 Å². The van der Waals surface area contributed by atoms with Crippen LogP contribution < -0.4 is 10.6 Å². The number of imide groups is 1. The molecule has 3 amide bonds. The van der Waals surface area contributed by atoms with Crippen LogP contribution in [0, 0.1) is 5.92 Å². The molecule has 2 fully saturated rings. The quantitative estimate of drug-likeness (QED) is 0.0819. The van der Waals surface area contributed by atoms with Gasteiger partial charge >= 0.3 is 12.0 Å². The van der Waals surface area contributed by atoms with Crippen LogP contribution in [-0.2, 0) is 14.3 Å². The molecule has 0 bridgehead atoms. The number of unbranched alkanes of at least 4 members (excludes halogenated alkanes) is 14. The molecule has 0 aliphatic carbocycles. The largest absolute Gasteiger partial charge is 0.464 e. The number of ether oxygens (including phenoxy) is 1. The predicted octanol–water partition coefficient (Wildman–Crippen LogP) is 8.05. The fraction of sp³-hybridized carbons (Fsp3) is 0.912. The van der Waals surface area contributed by atoms with Gasteiger partial charge in [-0.3, -0.25) is 14.5 Å². The third kappa shape index (κ3) is 10.2.